The van der Waals surface area contributed by atoms with Crippen molar-refractivity contribution in [1.29, 1.82) is 0 Å². The number of ether oxygens (including phenoxy) is 1. The van der Waals surface area contributed by atoms with Crippen LogP contribution in [0.4, 0.5) is 0 Å². The standard InChI is InChI=1S/C22H19Cl2N3O/c23-17-10-16(11-18(24)22(17)28-14-15-6-2-1-3-7-15)12-25-13-21-26-19-8-4-5-9-20(19)27-21/h1-11,25H,12-14H2,(H,26,27). The maximum Gasteiger partial charge on any atom is 0.156 e. The maximum atomic E-state index is 6.39. The van der Waals surface area contributed by atoms with Gasteiger partial charge in [0.15, 0.2) is 5.75 Å². The molecular formula is C22H19Cl2N3O. The summed E-state index contributed by atoms with van der Waals surface area (Å²) in [5.74, 6) is 1.40. The van der Waals surface area contributed by atoms with E-state index in [0.29, 0.717) is 35.5 Å². The fraction of sp³-hybridized carbons (Fsp3) is 0.136. The fourth-order valence-electron chi connectivity index (χ4n) is 3.00. The van der Waals surface area contributed by atoms with Gasteiger partial charge in [0, 0.05) is 6.54 Å². The lowest BCUT2D eigenvalue weighted by Gasteiger charge is -2.12. The molecule has 0 bridgehead atoms. The number of fused-ring (bicyclic) bond motifs is 1. The number of hydrogen-bond donors (Lipinski definition) is 2. The summed E-state index contributed by atoms with van der Waals surface area (Å²) in [5.41, 5.74) is 4.04. The third-order valence-corrected chi connectivity index (χ3v) is 4.91. The van der Waals surface area contributed by atoms with Crippen LogP contribution in [0.25, 0.3) is 11.0 Å². The molecule has 28 heavy (non-hydrogen) atoms. The van der Waals surface area contributed by atoms with Crippen molar-refractivity contribution >= 4 is 34.2 Å². The van der Waals surface area contributed by atoms with E-state index in [1.807, 2.05) is 66.7 Å². The number of aromatic nitrogens is 2. The molecule has 142 valence electrons. The Morgan fingerprint density at radius 3 is 2.32 bits per heavy atom. The summed E-state index contributed by atoms with van der Waals surface area (Å²) in [6, 6.07) is 21.6. The zero-order valence-electron chi connectivity index (χ0n) is 15.1. The molecule has 0 amide bonds. The van der Waals surface area contributed by atoms with E-state index in [1.54, 1.807) is 0 Å². The van der Waals surface area contributed by atoms with Gasteiger partial charge in [0.2, 0.25) is 0 Å². The third-order valence-electron chi connectivity index (χ3n) is 4.34. The molecule has 0 saturated heterocycles. The number of para-hydroxylation sites is 2. The van der Waals surface area contributed by atoms with Crippen molar-refractivity contribution in [2.75, 3.05) is 0 Å². The molecule has 0 aliphatic heterocycles. The van der Waals surface area contributed by atoms with Crippen molar-refractivity contribution in [3.8, 4) is 5.75 Å². The van der Waals surface area contributed by atoms with Crippen molar-refractivity contribution in [1.82, 2.24) is 15.3 Å². The van der Waals surface area contributed by atoms with Gasteiger partial charge < -0.3 is 15.0 Å². The molecule has 0 aliphatic carbocycles. The minimum absolute atomic E-state index is 0.421. The highest BCUT2D eigenvalue weighted by Crippen LogP contribution is 2.34. The van der Waals surface area contributed by atoms with Gasteiger partial charge in [-0.2, -0.15) is 0 Å². The Morgan fingerprint density at radius 1 is 0.857 bits per heavy atom. The highest BCUT2D eigenvalue weighted by molar-refractivity contribution is 6.37. The Kier molecular flexibility index (Phi) is 5.81. The van der Waals surface area contributed by atoms with E-state index >= 15 is 0 Å². The zero-order chi connectivity index (χ0) is 19.3. The SMILES string of the molecule is Clc1cc(CNCc2nc3ccccc3[nH]2)cc(Cl)c1OCc1ccccc1. The molecule has 0 unspecified atom stereocenters. The normalized spacial score (nSPS) is 11.1. The van der Waals surface area contributed by atoms with Crippen LogP contribution in [0, 0.1) is 0 Å². The summed E-state index contributed by atoms with van der Waals surface area (Å²) >= 11 is 12.8. The van der Waals surface area contributed by atoms with Gasteiger partial charge in [0.1, 0.15) is 12.4 Å². The number of nitrogens with one attached hydrogen (secondary N) is 2. The van der Waals surface area contributed by atoms with Gasteiger partial charge in [-0.3, -0.25) is 0 Å². The predicted octanol–water partition coefficient (Wildman–Crippen LogP) is 5.74. The quantitative estimate of drug-likeness (QED) is 0.407. The molecule has 0 atom stereocenters. The predicted molar refractivity (Wildman–Crippen MR) is 114 cm³/mol. The van der Waals surface area contributed by atoms with Gasteiger partial charge in [0.25, 0.3) is 0 Å². The molecule has 0 aliphatic rings. The van der Waals surface area contributed by atoms with Gasteiger partial charge >= 0.3 is 0 Å². The first kappa shape index (κ1) is 18.8. The van der Waals surface area contributed by atoms with Gasteiger partial charge in [-0.15, -0.1) is 0 Å². The van der Waals surface area contributed by atoms with Crippen LogP contribution in [0.3, 0.4) is 0 Å². The topological polar surface area (TPSA) is 49.9 Å². The molecule has 1 aromatic heterocycles. The van der Waals surface area contributed by atoms with Gasteiger partial charge in [-0.05, 0) is 35.4 Å². The van der Waals surface area contributed by atoms with Crippen molar-refractivity contribution < 1.29 is 4.74 Å². The number of aromatic amines is 1. The van der Waals surface area contributed by atoms with Crippen LogP contribution in [0.2, 0.25) is 10.0 Å². The van der Waals surface area contributed by atoms with Crippen molar-refractivity contribution in [3.63, 3.8) is 0 Å². The molecule has 3 aromatic carbocycles. The maximum absolute atomic E-state index is 6.39. The number of imidazole rings is 1. The first-order valence-corrected chi connectivity index (χ1v) is 9.73. The molecule has 4 aromatic rings. The molecule has 0 fully saturated rings. The summed E-state index contributed by atoms with van der Waals surface area (Å²) in [4.78, 5) is 7.86. The Balaban J connectivity index is 1.37. The Morgan fingerprint density at radius 2 is 1.57 bits per heavy atom. The number of nitrogens with zero attached hydrogens (tertiary/aromatic N) is 1. The van der Waals surface area contributed by atoms with E-state index < -0.39 is 0 Å². The first-order valence-electron chi connectivity index (χ1n) is 8.98. The second kappa shape index (κ2) is 8.65. The fourth-order valence-corrected chi connectivity index (χ4v) is 3.64. The van der Waals surface area contributed by atoms with E-state index in [1.165, 1.54) is 0 Å². The largest absolute Gasteiger partial charge is 0.486 e. The van der Waals surface area contributed by atoms with Crippen LogP contribution in [-0.4, -0.2) is 9.97 Å². The second-order valence-electron chi connectivity index (χ2n) is 6.47. The molecule has 2 N–H and O–H groups in total. The smallest absolute Gasteiger partial charge is 0.156 e. The summed E-state index contributed by atoms with van der Waals surface area (Å²) in [6.07, 6.45) is 0. The zero-order valence-corrected chi connectivity index (χ0v) is 16.6. The van der Waals surface area contributed by atoms with Gasteiger partial charge in [-0.1, -0.05) is 65.7 Å². The van der Waals surface area contributed by atoms with E-state index in [9.17, 15) is 0 Å². The van der Waals surface area contributed by atoms with Crippen LogP contribution < -0.4 is 10.1 Å². The average molecular weight is 412 g/mol. The lowest BCUT2D eigenvalue weighted by atomic mass is 10.2. The second-order valence-corrected chi connectivity index (χ2v) is 7.28. The summed E-state index contributed by atoms with van der Waals surface area (Å²) < 4.78 is 5.82. The van der Waals surface area contributed by atoms with Crippen molar-refractivity contribution in [2.45, 2.75) is 19.7 Å². The van der Waals surface area contributed by atoms with E-state index in [4.69, 9.17) is 27.9 Å². The van der Waals surface area contributed by atoms with E-state index in [-0.39, 0.29) is 0 Å². The van der Waals surface area contributed by atoms with Crippen LogP contribution >= 0.6 is 23.2 Å². The molecule has 6 heteroatoms. The highest BCUT2D eigenvalue weighted by Gasteiger charge is 2.10. The van der Waals surface area contributed by atoms with Gasteiger partial charge in [-0.25, -0.2) is 4.98 Å². The molecule has 4 rings (SSSR count). The van der Waals surface area contributed by atoms with Crippen LogP contribution in [0.1, 0.15) is 17.0 Å². The molecule has 0 spiro atoms. The number of benzene rings is 3. The van der Waals surface area contributed by atoms with Crippen LogP contribution in [0.15, 0.2) is 66.7 Å². The molecule has 0 saturated carbocycles. The lowest BCUT2D eigenvalue weighted by Crippen LogP contribution is -2.13. The first-order chi connectivity index (χ1) is 13.7. The number of halogens is 2. The number of hydrogen-bond acceptors (Lipinski definition) is 3. The number of rotatable bonds is 7. The van der Waals surface area contributed by atoms with Crippen LogP contribution in [0.5, 0.6) is 5.75 Å². The minimum atomic E-state index is 0.421. The monoisotopic (exact) mass is 411 g/mol. The Bertz CT molecular complexity index is 1020. The third kappa shape index (κ3) is 4.47. The number of H-pyrrole nitrogens is 1. The Labute approximate surface area is 173 Å². The molecule has 4 nitrogen and oxygen atoms in total. The van der Waals surface area contributed by atoms with Gasteiger partial charge in [0.05, 0.1) is 27.6 Å². The summed E-state index contributed by atoms with van der Waals surface area (Å²) in [5, 5.41) is 4.37. The summed E-state index contributed by atoms with van der Waals surface area (Å²) in [6.45, 7) is 1.66. The average Bonchev–Trinajstić information content (AvgIpc) is 3.11. The van der Waals surface area contributed by atoms with Crippen molar-refractivity contribution in [2.24, 2.45) is 0 Å². The molecule has 0 radical (unpaired) electrons. The Hall–Kier alpha value is -2.53. The minimum Gasteiger partial charge on any atom is -0.486 e. The van der Waals surface area contributed by atoms with Crippen molar-refractivity contribution in [3.05, 3.63) is 93.7 Å². The summed E-state index contributed by atoms with van der Waals surface area (Å²) in [7, 11) is 0. The van der Waals surface area contributed by atoms with E-state index in [0.717, 1.165) is 28.0 Å². The highest BCUT2D eigenvalue weighted by atomic mass is 35.5. The van der Waals surface area contributed by atoms with E-state index in [2.05, 4.69) is 15.3 Å². The van der Waals surface area contributed by atoms with Crippen LogP contribution in [-0.2, 0) is 19.7 Å². The lowest BCUT2D eigenvalue weighted by molar-refractivity contribution is 0.306. The molecular weight excluding hydrogens is 393 g/mol. The molecule has 1 heterocycles.